The third kappa shape index (κ3) is 5.72. The molecule has 13 rings (SSSR count). The average Bonchev–Trinajstić information content (AvgIpc) is 3.93. The quantitative estimate of drug-likeness (QED) is 0.161. The van der Waals surface area contributed by atoms with Gasteiger partial charge in [0.15, 0.2) is 0 Å². The summed E-state index contributed by atoms with van der Waals surface area (Å²) in [5.41, 5.74) is 22.6. The van der Waals surface area contributed by atoms with Crippen LogP contribution in [0.5, 0.6) is 0 Å². The molecule has 0 radical (unpaired) electrons. The van der Waals surface area contributed by atoms with Gasteiger partial charge in [0.05, 0.1) is 5.69 Å². The predicted octanol–water partition coefficient (Wildman–Crippen LogP) is 16.8. The van der Waals surface area contributed by atoms with E-state index in [2.05, 4.69) is 220 Å². The van der Waals surface area contributed by atoms with Crippen molar-refractivity contribution < 1.29 is 4.42 Å². The standard InChI is InChI=1S/C63H61BN2OS/c1-59(2,3)36-21-25-38(26-22-36)65-56-46-32-48-49(62(9,10)30-29-61(48,7)8)35-51(46)67-58(56)64-55-45(31-44-40-17-13-15-19-47(40)63(11,12)54(44)57(55)65)42-34-53-43(41-18-14-16-20-52(41)68-53)33-50(42)66(64)39-27-23-37(24-28-39)60(4,5)6/h13-28,31-35H,29-30H2,1-12H3. The zero-order valence-electron chi connectivity index (χ0n) is 41.8. The molecule has 9 aromatic rings. The second kappa shape index (κ2) is 13.6. The highest BCUT2D eigenvalue weighted by Crippen LogP contribution is 2.60. The number of thiophene rings is 1. The number of nitrogens with zero attached hydrogens (tertiary/aromatic N) is 2. The van der Waals surface area contributed by atoms with Crippen molar-refractivity contribution in [3.63, 3.8) is 0 Å². The Balaban J connectivity index is 1.22. The van der Waals surface area contributed by atoms with Crippen LogP contribution in [0.3, 0.4) is 0 Å². The van der Waals surface area contributed by atoms with Crippen molar-refractivity contribution >= 4 is 88.9 Å². The molecule has 2 aromatic heterocycles. The van der Waals surface area contributed by atoms with E-state index in [1.165, 1.54) is 104 Å². The van der Waals surface area contributed by atoms with Gasteiger partial charge in [-0.25, -0.2) is 0 Å². The van der Waals surface area contributed by atoms with Gasteiger partial charge in [-0.2, -0.15) is 0 Å². The molecule has 0 bridgehead atoms. The fourth-order valence-electron chi connectivity index (χ4n) is 12.8. The van der Waals surface area contributed by atoms with Crippen molar-refractivity contribution in [1.29, 1.82) is 0 Å². The van der Waals surface area contributed by atoms with Gasteiger partial charge in [0.2, 0.25) is 0 Å². The summed E-state index contributed by atoms with van der Waals surface area (Å²) < 4.78 is 10.4. The van der Waals surface area contributed by atoms with Gasteiger partial charge >= 0.3 is 6.85 Å². The van der Waals surface area contributed by atoms with Gasteiger partial charge in [-0.05, 0) is 151 Å². The summed E-state index contributed by atoms with van der Waals surface area (Å²) in [5, 5.41) is 3.80. The van der Waals surface area contributed by atoms with Crippen molar-refractivity contribution in [3.8, 4) is 22.3 Å². The van der Waals surface area contributed by atoms with Gasteiger partial charge in [-0.15, -0.1) is 11.3 Å². The van der Waals surface area contributed by atoms with E-state index in [9.17, 15) is 0 Å². The maximum absolute atomic E-state index is 7.74. The van der Waals surface area contributed by atoms with Crippen LogP contribution < -0.4 is 20.8 Å². The summed E-state index contributed by atoms with van der Waals surface area (Å²) in [5.74, 6) is 0. The predicted molar refractivity (Wildman–Crippen MR) is 293 cm³/mol. The summed E-state index contributed by atoms with van der Waals surface area (Å²) >= 11 is 1.91. The molecule has 4 heterocycles. The van der Waals surface area contributed by atoms with E-state index < -0.39 is 0 Å². The molecular weight excluding hydrogens is 844 g/mol. The molecule has 2 aliphatic heterocycles. The van der Waals surface area contributed by atoms with Gasteiger partial charge in [-0.1, -0.05) is 150 Å². The van der Waals surface area contributed by atoms with Crippen LogP contribution in [0.4, 0.5) is 28.4 Å². The molecule has 68 heavy (non-hydrogen) atoms. The van der Waals surface area contributed by atoms with Gasteiger partial charge in [0, 0.05) is 59.3 Å². The minimum atomic E-state index is -0.290. The third-order valence-corrected chi connectivity index (χ3v) is 17.9. The number of anilines is 5. The first-order valence-corrected chi connectivity index (χ1v) is 25.7. The van der Waals surface area contributed by atoms with E-state index in [0.29, 0.717) is 0 Å². The minimum absolute atomic E-state index is 0.0118. The Morgan fingerprint density at radius 2 is 1.15 bits per heavy atom. The third-order valence-electron chi connectivity index (χ3n) is 16.8. The van der Waals surface area contributed by atoms with Crippen molar-refractivity contribution in [2.24, 2.45) is 0 Å². The summed E-state index contributed by atoms with van der Waals surface area (Å²) in [6.07, 6.45) is 2.29. The second-order valence-electron chi connectivity index (χ2n) is 24.4. The Morgan fingerprint density at radius 3 is 1.82 bits per heavy atom. The molecule has 0 N–H and O–H groups in total. The highest BCUT2D eigenvalue weighted by atomic mass is 32.1. The zero-order valence-corrected chi connectivity index (χ0v) is 42.6. The molecule has 5 heteroatoms. The number of furan rings is 1. The largest absolute Gasteiger partial charge is 0.466 e. The molecule has 0 fully saturated rings. The SMILES string of the molecule is CC(C)(C)c1ccc(N2B3c4oc5cc6c(cc5c4N(c4ccc(C(C)(C)C)cc4)c4c3c(cc3c4C(C)(C)c4ccccc4-3)-c3cc4sc5ccccc5c4cc32)C(C)(C)CCC6(C)C)cc1. The highest BCUT2D eigenvalue weighted by Gasteiger charge is 2.53. The van der Waals surface area contributed by atoms with E-state index in [0.717, 1.165) is 35.5 Å². The topological polar surface area (TPSA) is 19.6 Å². The Bertz CT molecular complexity index is 3630. The molecule has 4 aliphatic rings. The molecule has 3 nitrogen and oxygen atoms in total. The molecule has 338 valence electrons. The Kier molecular flexibility index (Phi) is 8.42. The van der Waals surface area contributed by atoms with Crippen LogP contribution in [0.2, 0.25) is 0 Å². The second-order valence-corrected chi connectivity index (χ2v) is 25.5. The number of hydrogen-bond acceptors (Lipinski definition) is 4. The van der Waals surface area contributed by atoms with Crippen molar-refractivity contribution in [2.45, 2.75) is 123 Å². The van der Waals surface area contributed by atoms with Crippen molar-refractivity contribution in [1.82, 2.24) is 0 Å². The first kappa shape index (κ1) is 42.1. The van der Waals surface area contributed by atoms with Crippen LogP contribution in [-0.2, 0) is 27.1 Å². The monoisotopic (exact) mass is 904 g/mol. The smallest absolute Gasteiger partial charge is 0.375 e. The fraction of sp³-hybridized carbons (Fsp3) is 0.302. The Labute approximate surface area is 406 Å². The number of hydrogen-bond donors (Lipinski definition) is 0. The van der Waals surface area contributed by atoms with Gasteiger partial charge in [-0.3, -0.25) is 0 Å². The van der Waals surface area contributed by atoms with E-state index in [1.54, 1.807) is 0 Å². The lowest BCUT2D eigenvalue weighted by molar-refractivity contribution is 0.332. The Hall–Kier alpha value is -6.04. The van der Waals surface area contributed by atoms with Gasteiger partial charge < -0.3 is 14.1 Å². The molecule has 2 aliphatic carbocycles. The maximum Gasteiger partial charge on any atom is 0.375 e. The number of rotatable bonds is 2. The number of benzene rings is 7. The van der Waals surface area contributed by atoms with E-state index in [1.807, 2.05) is 11.3 Å². The van der Waals surface area contributed by atoms with Crippen LogP contribution in [-0.4, -0.2) is 6.85 Å². The van der Waals surface area contributed by atoms with E-state index >= 15 is 0 Å². The number of fused-ring (bicyclic) bond motifs is 14. The van der Waals surface area contributed by atoms with Crippen molar-refractivity contribution in [3.05, 3.63) is 161 Å². The zero-order chi connectivity index (χ0) is 47.2. The molecule has 0 saturated heterocycles. The van der Waals surface area contributed by atoms with E-state index in [4.69, 9.17) is 4.42 Å². The molecule has 7 aromatic carbocycles. The summed E-state index contributed by atoms with van der Waals surface area (Å²) in [7, 11) is 0. The minimum Gasteiger partial charge on any atom is -0.466 e. The molecular formula is C63H61BN2OS. The first-order valence-electron chi connectivity index (χ1n) is 24.9. The fourth-order valence-corrected chi connectivity index (χ4v) is 13.9. The summed E-state index contributed by atoms with van der Waals surface area (Å²) in [4.78, 5) is 5.32. The van der Waals surface area contributed by atoms with Crippen LogP contribution >= 0.6 is 11.3 Å². The lowest BCUT2D eigenvalue weighted by atomic mass is 9.45. The normalized spacial score (nSPS) is 17.3. The highest BCUT2D eigenvalue weighted by molar-refractivity contribution is 7.25. The summed E-state index contributed by atoms with van der Waals surface area (Å²) in [6, 6.07) is 49.7. The van der Waals surface area contributed by atoms with Gasteiger partial charge in [0.1, 0.15) is 11.2 Å². The van der Waals surface area contributed by atoms with Crippen LogP contribution in [0.25, 0.3) is 53.4 Å². The molecule has 0 saturated carbocycles. The van der Waals surface area contributed by atoms with Crippen LogP contribution in [0, 0.1) is 0 Å². The molecule has 0 amide bonds. The van der Waals surface area contributed by atoms with Crippen LogP contribution in [0.15, 0.2) is 132 Å². The Morgan fingerprint density at radius 1 is 0.529 bits per heavy atom. The van der Waals surface area contributed by atoms with E-state index in [-0.39, 0.29) is 33.9 Å². The molecule has 0 atom stereocenters. The first-order chi connectivity index (χ1) is 32.2. The lowest BCUT2D eigenvalue weighted by Gasteiger charge is -2.46. The molecule has 0 unspecified atom stereocenters. The van der Waals surface area contributed by atoms with Gasteiger partial charge in [0.25, 0.3) is 0 Å². The van der Waals surface area contributed by atoms with Crippen LogP contribution in [0.1, 0.15) is 129 Å². The average molecular weight is 905 g/mol. The summed E-state index contributed by atoms with van der Waals surface area (Å²) in [6.45, 7) is 28.3. The lowest BCUT2D eigenvalue weighted by Crippen LogP contribution is -2.61. The maximum atomic E-state index is 7.74. The molecule has 0 spiro atoms. The van der Waals surface area contributed by atoms with Crippen molar-refractivity contribution in [2.75, 3.05) is 9.71 Å².